The fourth-order valence-corrected chi connectivity index (χ4v) is 4.57. The predicted octanol–water partition coefficient (Wildman–Crippen LogP) is 4.97. The van der Waals surface area contributed by atoms with E-state index in [0.29, 0.717) is 10.7 Å². The number of carbonyl (C=O) groups is 1. The number of nitrogens with zero attached hydrogens (tertiary/aromatic N) is 1. The van der Waals surface area contributed by atoms with Crippen LogP contribution in [0, 0.1) is 0 Å². The summed E-state index contributed by atoms with van der Waals surface area (Å²) in [5.41, 5.74) is 4.14. The lowest BCUT2D eigenvalue weighted by molar-refractivity contribution is 0.0932. The van der Waals surface area contributed by atoms with E-state index in [2.05, 4.69) is 23.5 Å². The Kier molecular flexibility index (Phi) is 4.26. The van der Waals surface area contributed by atoms with Crippen LogP contribution in [0.1, 0.15) is 34.6 Å². The van der Waals surface area contributed by atoms with Crippen LogP contribution in [0.5, 0.6) is 0 Å². The summed E-state index contributed by atoms with van der Waals surface area (Å²) in [5, 5.41) is 4.81. The number of amides is 1. The van der Waals surface area contributed by atoms with Gasteiger partial charge in [0.15, 0.2) is 0 Å². The number of aryl methyl sites for hydroxylation is 2. The highest BCUT2D eigenvalue weighted by atomic mass is 35.5. The normalized spacial score (nSPS) is 14.5. The summed E-state index contributed by atoms with van der Waals surface area (Å²) in [7, 11) is 1.89. The molecule has 2 heterocycles. The van der Waals surface area contributed by atoms with Crippen molar-refractivity contribution >= 4 is 40.2 Å². The zero-order chi connectivity index (χ0) is 17.6. The van der Waals surface area contributed by atoms with Crippen molar-refractivity contribution in [3.05, 3.63) is 64.3 Å². The zero-order valence-corrected chi connectivity index (χ0v) is 15.7. The smallest absolute Gasteiger partial charge is 0.268 e. The van der Waals surface area contributed by atoms with Gasteiger partial charge in [0.05, 0.1) is 6.04 Å². The molecule has 0 bridgehead atoms. The van der Waals surface area contributed by atoms with Crippen molar-refractivity contribution < 1.29 is 4.79 Å². The highest BCUT2D eigenvalue weighted by Gasteiger charge is 2.18. The molecule has 3 aromatic rings. The van der Waals surface area contributed by atoms with Crippen LogP contribution in [0.3, 0.4) is 0 Å². The Morgan fingerprint density at radius 1 is 1.24 bits per heavy atom. The van der Waals surface area contributed by atoms with Gasteiger partial charge in [0.1, 0.15) is 5.69 Å². The van der Waals surface area contributed by atoms with Crippen molar-refractivity contribution in [1.29, 1.82) is 0 Å². The molecule has 25 heavy (non-hydrogen) atoms. The summed E-state index contributed by atoms with van der Waals surface area (Å²) in [6.45, 7) is 2.03. The van der Waals surface area contributed by atoms with E-state index < -0.39 is 0 Å². The van der Waals surface area contributed by atoms with Gasteiger partial charge < -0.3 is 9.88 Å². The van der Waals surface area contributed by atoms with Gasteiger partial charge in [-0.05, 0) is 48.7 Å². The number of benzene rings is 2. The molecule has 0 fully saturated rings. The van der Waals surface area contributed by atoms with Crippen LogP contribution in [0.4, 0.5) is 0 Å². The second kappa shape index (κ2) is 6.43. The maximum atomic E-state index is 12.8. The second-order valence-corrected chi connectivity index (χ2v) is 8.03. The van der Waals surface area contributed by atoms with Crippen LogP contribution in [0.15, 0.2) is 47.4 Å². The summed E-state index contributed by atoms with van der Waals surface area (Å²) >= 11 is 7.98. The minimum atomic E-state index is -0.0720. The van der Waals surface area contributed by atoms with Gasteiger partial charge in [-0.2, -0.15) is 0 Å². The fourth-order valence-electron chi connectivity index (χ4n) is 3.35. The standard InChI is InChI=1S/C20H19ClN2OS/c1-12(13-4-6-19-15(9-13)7-8-25-19)22-20(24)18-10-14-3-5-16(21)11-17(14)23(18)2/h3-6,9-12H,7-8H2,1-2H3,(H,22,24). The summed E-state index contributed by atoms with van der Waals surface area (Å²) in [6, 6.07) is 14.1. The number of rotatable bonds is 3. The number of hydrogen-bond acceptors (Lipinski definition) is 2. The van der Waals surface area contributed by atoms with Crippen LogP contribution in [0.25, 0.3) is 10.9 Å². The molecule has 2 aromatic carbocycles. The van der Waals surface area contributed by atoms with Crippen LogP contribution in [-0.4, -0.2) is 16.2 Å². The van der Waals surface area contributed by atoms with Gasteiger partial charge in [0.25, 0.3) is 5.91 Å². The Bertz CT molecular complexity index is 979. The molecular formula is C20H19ClN2OS. The molecule has 1 N–H and O–H groups in total. The average Bonchev–Trinajstić information content (AvgIpc) is 3.19. The quantitative estimate of drug-likeness (QED) is 0.706. The van der Waals surface area contributed by atoms with Crippen molar-refractivity contribution in [3.8, 4) is 0 Å². The number of hydrogen-bond donors (Lipinski definition) is 1. The van der Waals surface area contributed by atoms with Crippen LogP contribution >= 0.6 is 23.4 Å². The van der Waals surface area contributed by atoms with Gasteiger partial charge in [0.2, 0.25) is 0 Å². The zero-order valence-electron chi connectivity index (χ0n) is 14.2. The van der Waals surface area contributed by atoms with Crippen molar-refractivity contribution in [2.45, 2.75) is 24.3 Å². The summed E-state index contributed by atoms with van der Waals surface area (Å²) < 4.78 is 1.89. The first-order valence-corrected chi connectivity index (χ1v) is 9.71. The molecule has 0 saturated carbocycles. The van der Waals surface area contributed by atoms with Crippen LogP contribution in [0.2, 0.25) is 5.02 Å². The molecule has 1 atom stereocenters. The molecule has 1 aliphatic rings. The van der Waals surface area contributed by atoms with E-state index in [1.807, 2.05) is 54.6 Å². The molecule has 4 rings (SSSR count). The number of aromatic nitrogens is 1. The van der Waals surface area contributed by atoms with Crippen molar-refractivity contribution in [3.63, 3.8) is 0 Å². The van der Waals surface area contributed by atoms with Crippen molar-refractivity contribution in [2.24, 2.45) is 7.05 Å². The predicted molar refractivity (Wildman–Crippen MR) is 105 cm³/mol. The lowest BCUT2D eigenvalue weighted by Gasteiger charge is -2.16. The first-order valence-electron chi connectivity index (χ1n) is 8.34. The number of carbonyl (C=O) groups excluding carboxylic acids is 1. The Morgan fingerprint density at radius 3 is 2.92 bits per heavy atom. The number of halogens is 1. The highest BCUT2D eigenvalue weighted by Crippen LogP contribution is 2.33. The first kappa shape index (κ1) is 16.6. The van der Waals surface area contributed by atoms with E-state index in [9.17, 15) is 4.79 Å². The minimum Gasteiger partial charge on any atom is -0.344 e. The molecule has 1 aliphatic heterocycles. The number of fused-ring (bicyclic) bond motifs is 2. The molecule has 1 unspecified atom stereocenters. The first-order chi connectivity index (χ1) is 12.0. The fraction of sp³-hybridized carbons (Fsp3) is 0.250. The third kappa shape index (κ3) is 3.05. The molecule has 0 aliphatic carbocycles. The summed E-state index contributed by atoms with van der Waals surface area (Å²) in [5.74, 6) is 1.08. The van der Waals surface area contributed by atoms with Crippen LogP contribution < -0.4 is 5.32 Å². The maximum Gasteiger partial charge on any atom is 0.268 e. The van der Waals surface area contributed by atoms with Gasteiger partial charge in [-0.3, -0.25) is 4.79 Å². The Morgan fingerprint density at radius 2 is 2.08 bits per heavy atom. The second-order valence-electron chi connectivity index (χ2n) is 6.45. The van der Waals surface area contributed by atoms with Crippen molar-refractivity contribution in [2.75, 3.05) is 5.75 Å². The molecule has 0 spiro atoms. The molecule has 5 heteroatoms. The molecule has 1 aromatic heterocycles. The number of nitrogens with one attached hydrogen (secondary N) is 1. The Balaban J connectivity index is 1.58. The van der Waals surface area contributed by atoms with Gasteiger partial charge in [-0.15, -0.1) is 11.8 Å². The maximum absolute atomic E-state index is 12.8. The van der Waals surface area contributed by atoms with Gasteiger partial charge in [-0.1, -0.05) is 29.8 Å². The molecule has 0 radical (unpaired) electrons. The molecule has 128 valence electrons. The van der Waals surface area contributed by atoms with Gasteiger partial charge in [-0.25, -0.2) is 0 Å². The van der Waals surface area contributed by atoms with Crippen LogP contribution in [-0.2, 0) is 13.5 Å². The Labute approximate surface area is 156 Å². The van der Waals surface area contributed by atoms with E-state index in [1.54, 1.807) is 0 Å². The molecule has 0 saturated heterocycles. The average molecular weight is 371 g/mol. The Hall–Kier alpha value is -1.91. The highest BCUT2D eigenvalue weighted by molar-refractivity contribution is 7.99. The number of thioether (sulfide) groups is 1. The SMILES string of the molecule is CC(NC(=O)c1cc2ccc(Cl)cc2n1C)c1ccc2c(c1)CCS2. The lowest BCUT2D eigenvalue weighted by Crippen LogP contribution is -2.28. The van der Waals surface area contributed by atoms with E-state index in [4.69, 9.17) is 11.6 Å². The third-order valence-corrected chi connectivity index (χ3v) is 6.15. The lowest BCUT2D eigenvalue weighted by atomic mass is 10.0. The van der Waals surface area contributed by atoms with Crippen molar-refractivity contribution in [1.82, 2.24) is 9.88 Å². The van der Waals surface area contributed by atoms with Gasteiger partial charge in [0, 0.05) is 33.6 Å². The van der Waals surface area contributed by atoms with E-state index in [0.717, 1.165) is 28.6 Å². The van der Waals surface area contributed by atoms with Gasteiger partial charge >= 0.3 is 0 Å². The summed E-state index contributed by atoms with van der Waals surface area (Å²) in [4.78, 5) is 14.1. The van der Waals surface area contributed by atoms with E-state index >= 15 is 0 Å². The minimum absolute atomic E-state index is 0.0370. The van der Waals surface area contributed by atoms with E-state index in [1.165, 1.54) is 10.5 Å². The topological polar surface area (TPSA) is 34.0 Å². The van der Waals surface area contributed by atoms with E-state index in [-0.39, 0.29) is 11.9 Å². The molecule has 1 amide bonds. The monoisotopic (exact) mass is 370 g/mol. The molecule has 3 nitrogen and oxygen atoms in total. The summed E-state index contributed by atoms with van der Waals surface area (Å²) in [6.07, 6.45) is 1.11. The largest absolute Gasteiger partial charge is 0.344 e. The molecular weight excluding hydrogens is 352 g/mol. The third-order valence-electron chi connectivity index (χ3n) is 4.80.